The number of carbonyl (C=O) groups excluding carboxylic acids is 2. The molecule has 0 spiro atoms. The van der Waals surface area contributed by atoms with Crippen molar-refractivity contribution in [2.45, 2.75) is 63.7 Å². The Bertz CT molecular complexity index is 1050. The monoisotopic (exact) mass is 513 g/mol. The zero-order valence-corrected chi connectivity index (χ0v) is 21.9. The van der Waals surface area contributed by atoms with Crippen molar-refractivity contribution in [3.63, 3.8) is 0 Å². The normalized spacial score (nSPS) is 28.4. The fourth-order valence-corrected chi connectivity index (χ4v) is 6.47. The fraction of sp³-hybridized carbons (Fsp3) is 0.571. The van der Waals surface area contributed by atoms with Crippen LogP contribution in [-0.2, 0) is 14.3 Å². The largest absolute Gasteiger partial charge is 0.497 e. The molecule has 8 heteroatoms. The SMILES string of the molecule is COc1cccc(N2CCC(OC3CC4C=C(NC(=O)C5CCCCN5C(C)=O)C=C(Cl)[C@@H]43)CC2)c1. The molecule has 0 aromatic heterocycles. The van der Waals surface area contributed by atoms with Crippen molar-refractivity contribution >= 4 is 29.1 Å². The number of rotatable bonds is 6. The van der Waals surface area contributed by atoms with Gasteiger partial charge in [-0.3, -0.25) is 9.59 Å². The molecule has 1 aromatic rings. The third-order valence-corrected chi connectivity index (χ3v) is 8.44. The minimum atomic E-state index is -0.401. The van der Waals surface area contributed by atoms with Crippen LogP contribution in [0.3, 0.4) is 0 Å². The van der Waals surface area contributed by atoms with Crippen LogP contribution >= 0.6 is 11.6 Å². The lowest BCUT2D eigenvalue weighted by Gasteiger charge is -2.47. The van der Waals surface area contributed by atoms with Crippen LogP contribution in [0.4, 0.5) is 5.69 Å². The Labute approximate surface area is 218 Å². The highest BCUT2D eigenvalue weighted by Crippen LogP contribution is 2.48. The number of benzene rings is 1. The third kappa shape index (κ3) is 5.28. The van der Waals surface area contributed by atoms with E-state index in [9.17, 15) is 9.59 Å². The number of halogens is 1. The first-order valence-electron chi connectivity index (χ1n) is 13.1. The smallest absolute Gasteiger partial charge is 0.247 e. The maximum absolute atomic E-state index is 12.9. The van der Waals surface area contributed by atoms with Gasteiger partial charge in [0.25, 0.3) is 0 Å². The number of allylic oxidation sites excluding steroid dienone is 2. The van der Waals surface area contributed by atoms with Crippen LogP contribution in [0.1, 0.15) is 45.4 Å². The lowest BCUT2D eigenvalue weighted by Crippen LogP contribution is -2.52. The van der Waals surface area contributed by atoms with Crippen molar-refractivity contribution in [1.29, 1.82) is 0 Å². The van der Waals surface area contributed by atoms with Crippen molar-refractivity contribution in [2.75, 3.05) is 31.6 Å². The van der Waals surface area contributed by atoms with Crippen LogP contribution < -0.4 is 15.0 Å². The number of fused-ring (bicyclic) bond motifs is 1. The number of nitrogens with one attached hydrogen (secondary N) is 1. The molecule has 2 aliphatic heterocycles. The molecule has 2 amide bonds. The molecule has 2 aliphatic carbocycles. The summed E-state index contributed by atoms with van der Waals surface area (Å²) in [7, 11) is 1.70. The highest BCUT2D eigenvalue weighted by molar-refractivity contribution is 6.30. The summed E-state index contributed by atoms with van der Waals surface area (Å²) >= 11 is 6.70. The summed E-state index contributed by atoms with van der Waals surface area (Å²) in [6, 6.07) is 7.81. The van der Waals surface area contributed by atoms with E-state index in [0.717, 1.165) is 61.7 Å². The first-order valence-corrected chi connectivity index (χ1v) is 13.5. The van der Waals surface area contributed by atoms with Crippen molar-refractivity contribution in [3.05, 3.63) is 47.1 Å². The first kappa shape index (κ1) is 25.2. The van der Waals surface area contributed by atoms with E-state index < -0.39 is 6.04 Å². The van der Waals surface area contributed by atoms with Crippen LogP contribution in [0.25, 0.3) is 0 Å². The fourth-order valence-electron chi connectivity index (χ4n) is 6.05. The Morgan fingerprint density at radius 2 is 1.92 bits per heavy atom. The van der Waals surface area contributed by atoms with Crippen LogP contribution in [0, 0.1) is 11.8 Å². The number of hydrogen-bond acceptors (Lipinski definition) is 5. The van der Waals surface area contributed by atoms with Gasteiger partial charge in [-0.1, -0.05) is 23.7 Å². The standard InChI is InChI=1S/C28H36ClN3O4/c1-18(33)32-11-4-3-8-25(32)28(34)30-20-14-19-15-26(27(19)24(29)16-20)36-22-9-12-31(13-10-22)21-6-5-7-23(17-21)35-2/h5-7,14,16-17,19,22,25-27H,3-4,8-13,15H2,1-2H3,(H,30,34)/t19?,25?,26?,27-/m1/s1. The zero-order valence-electron chi connectivity index (χ0n) is 21.1. The lowest BCUT2D eigenvalue weighted by molar-refractivity contribution is -0.140. The highest BCUT2D eigenvalue weighted by Gasteiger charge is 2.46. The summed E-state index contributed by atoms with van der Waals surface area (Å²) in [6.45, 7) is 4.09. The molecule has 0 radical (unpaired) electrons. The van der Waals surface area contributed by atoms with Gasteiger partial charge in [-0.2, -0.15) is 0 Å². The number of anilines is 1. The van der Waals surface area contributed by atoms with Gasteiger partial charge in [0.1, 0.15) is 11.8 Å². The quantitative estimate of drug-likeness (QED) is 0.616. The van der Waals surface area contributed by atoms with E-state index in [1.54, 1.807) is 12.0 Å². The summed E-state index contributed by atoms with van der Waals surface area (Å²) in [6.07, 6.45) is 9.81. The second kappa shape index (κ2) is 10.9. The van der Waals surface area contributed by atoms with Crippen molar-refractivity contribution in [2.24, 2.45) is 11.8 Å². The second-order valence-corrected chi connectivity index (χ2v) is 10.8. The van der Waals surface area contributed by atoms with Crippen LogP contribution in [0.15, 0.2) is 47.1 Å². The first-order chi connectivity index (χ1) is 17.4. The number of amides is 2. The van der Waals surface area contributed by atoms with E-state index in [2.05, 4.69) is 28.4 Å². The summed E-state index contributed by atoms with van der Waals surface area (Å²) in [5.74, 6) is 1.14. The predicted octanol–water partition coefficient (Wildman–Crippen LogP) is 4.22. The molecule has 194 valence electrons. The number of carbonyl (C=O) groups is 2. The van der Waals surface area contributed by atoms with Gasteiger partial charge < -0.3 is 24.6 Å². The topological polar surface area (TPSA) is 71.1 Å². The van der Waals surface area contributed by atoms with Gasteiger partial charge in [0.15, 0.2) is 0 Å². The van der Waals surface area contributed by atoms with Gasteiger partial charge in [-0.25, -0.2) is 0 Å². The Hall–Kier alpha value is -2.51. The van der Waals surface area contributed by atoms with E-state index in [1.165, 1.54) is 12.6 Å². The Morgan fingerprint density at radius 1 is 1.11 bits per heavy atom. The van der Waals surface area contributed by atoms with Gasteiger partial charge in [-0.15, -0.1) is 0 Å². The molecule has 5 rings (SSSR count). The van der Waals surface area contributed by atoms with Gasteiger partial charge in [-0.05, 0) is 62.7 Å². The molecule has 0 bridgehead atoms. The Morgan fingerprint density at radius 3 is 2.64 bits per heavy atom. The number of methoxy groups -OCH3 is 1. The summed E-state index contributed by atoms with van der Waals surface area (Å²) in [5.41, 5.74) is 1.93. The maximum Gasteiger partial charge on any atom is 0.247 e. The molecule has 1 N–H and O–H groups in total. The average molecular weight is 514 g/mol. The Kier molecular flexibility index (Phi) is 7.58. The summed E-state index contributed by atoms with van der Waals surface area (Å²) in [4.78, 5) is 29.0. The molecular weight excluding hydrogens is 478 g/mol. The minimum absolute atomic E-state index is 0.0468. The number of hydrogen-bond donors (Lipinski definition) is 1. The molecule has 4 aliphatic rings. The van der Waals surface area contributed by atoms with Crippen molar-refractivity contribution in [3.8, 4) is 5.75 Å². The van der Waals surface area contributed by atoms with Crippen molar-refractivity contribution < 1.29 is 19.1 Å². The molecular formula is C28H36ClN3O4. The molecule has 4 atom stereocenters. The molecule has 2 saturated heterocycles. The maximum atomic E-state index is 12.9. The van der Waals surface area contributed by atoms with Crippen LogP contribution in [0.5, 0.6) is 5.75 Å². The average Bonchev–Trinajstić information content (AvgIpc) is 2.87. The van der Waals surface area contributed by atoms with Gasteiger partial charge in [0.05, 0.1) is 19.3 Å². The van der Waals surface area contributed by atoms with Crippen molar-refractivity contribution in [1.82, 2.24) is 10.2 Å². The lowest BCUT2D eigenvalue weighted by atomic mass is 9.68. The summed E-state index contributed by atoms with van der Waals surface area (Å²) < 4.78 is 11.9. The van der Waals surface area contributed by atoms with E-state index in [1.807, 2.05) is 18.2 Å². The Balaban J connectivity index is 1.12. The van der Waals surface area contributed by atoms with E-state index >= 15 is 0 Å². The number of piperidine rings is 2. The van der Waals surface area contributed by atoms with Crippen LogP contribution in [-0.4, -0.2) is 61.7 Å². The van der Waals surface area contributed by atoms with Gasteiger partial charge >= 0.3 is 0 Å². The molecule has 36 heavy (non-hydrogen) atoms. The van der Waals surface area contributed by atoms with Crippen LogP contribution in [0.2, 0.25) is 0 Å². The molecule has 3 unspecified atom stereocenters. The second-order valence-electron chi connectivity index (χ2n) is 10.4. The zero-order chi connectivity index (χ0) is 25.2. The minimum Gasteiger partial charge on any atom is -0.497 e. The number of likely N-dealkylation sites (tertiary alicyclic amines) is 1. The number of nitrogens with zero attached hydrogens (tertiary/aromatic N) is 2. The summed E-state index contributed by atoms with van der Waals surface area (Å²) in [5, 5.41) is 3.77. The molecule has 3 fully saturated rings. The molecule has 1 aromatic carbocycles. The van der Waals surface area contributed by atoms with Gasteiger partial charge in [0, 0.05) is 55.0 Å². The highest BCUT2D eigenvalue weighted by atomic mass is 35.5. The van der Waals surface area contributed by atoms with E-state index in [0.29, 0.717) is 13.0 Å². The molecule has 1 saturated carbocycles. The number of ether oxygens (including phenoxy) is 2. The predicted molar refractivity (Wildman–Crippen MR) is 140 cm³/mol. The molecule has 7 nitrogen and oxygen atoms in total. The van der Waals surface area contributed by atoms with E-state index in [-0.39, 0.29) is 35.9 Å². The third-order valence-electron chi connectivity index (χ3n) is 8.08. The van der Waals surface area contributed by atoms with E-state index in [4.69, 9.17) is 21.1 Å². The van der Waals surface area contributed by atoms with Gasteiger partial charge in [0.2, 0.25) is 11.8 Å². The molecule has 2 heterocycles.